The Hall–Kier alpha value is -1.14. The largest absolute Gasteiger partial charge is 0.395 e. The predicted molar refractivity (Wildman–Crippen MR) is 78.1 cm³/mol. The molecule has 6 heteroatoms. The molecule has 1 atom stereocenters. The zero-order valence-corrected chi connectivity index (χ0v) is 12.2. The number of aliphatic hydroxyl groups excluding tert-OH is 1. The van der Waals surface area contributed by atoms with Gasteiger partial charge >= 0.3 is 0 Å². The molecule has 0 bridgehead atoms. The number of aryl methyl sites for hydroxylation is 1. The molecule has 1 aromatic carbocycles. The smallest absolute Gasteiger partial charge is 0.238 e. The number of amides is 1. The van der Waals surface area contributed by atoms with Gasteiger partial charge < -0.3 is 15.2 Å². The first kappa shape index (κ1) is 15.3. The molecule has 1 unspecified atom stereocenters. The van der Waals surface area contributed by atoms with Crippen molar-refractivity contribution < 1.29 is 14.6 Å². The van der Waals surface area contributed by atoms with Gasteiger partial charge in [-0.15, -0.1) is 0 Å². The number of hydrogen-bond acceptors (Lipinski definition) is 4. The van der Waals surface area contributed by atoms with Crippen LogP contribution in [0.5, 0.6) is 0 Å². The first-order chi connectivity index (χ1) is 9.60. The molecule has 5 nitrogen and oxygen atoms in total. The first-order valence-corrected chi connectivity index (χ1v) is 6.96. The first-order valence-electron chi connectivity index (χ1n) is 6.59. The number of benzene rings is 1. The normalized spacial score (nSPS) is 19.9. The maximum atomic E-state index is 12.0. The minimum Gasteiger partial charge on any atom is -0.395 e. The van der Waals surface area contributed by atoms with Crippen LogP contribution < -0.4 is 5.32 Å². The van der Waals surface area contributed by atoms with Crippen molar-refractivity contribution in [1.29, 1.82) is 0 Å². The fourth-order valence-corrected chi connectivity index (χ4v) is 2.30. The molecule has 2 N–H and O–H groups in total. The van der Waals surface area contributed by atoms with Crippen molar-refractivity contribution >= 4 is 23.2 Å². The average molecular weight is 299 g/mol. The highest BCUT2D eigenvalue weighted by Crippen LogP contribution is 2.20. The minimum absolute atomic E-state index is 0.0103. The molecule has 1 heterocycles. The predicted octanol–water partition coefficient (Wildman–Crippen LogP) is 1.28. The van der Waals surface area contributed by atoms with E-state index >= 15 is 0 Å². The molecular formula is C14H19ClN2O3. The van der Waals surface area contributed by atoms with Gasteiger partial charge in [-0.1, -0.05) is 17.7 Å². The Morgan fingerprint density at radius 3 is 3.10 bits per heavy atom. The fourth-order valence-electron chi connectivity index (χ4n) is 2.12. The molecule has 0 radical (unpaired) electrons. The highest BCUT2D eigenvalue weighted by molar-refractivity contribution is 6.31. The number of ether oxygens (including phenoxy) is 1. The molecule has 1 aliphatic rings. The van der Waals surface area contributed by atoms with Crippen LogP contribution in [0.2, 0.25) is 5.02 Å². The number of morpholine rings is 1. The third-order valence-electron chi connectivity index (χ3n) is 3.36. The molecular weight excluding hydrogens is 280 g/mol. The topological polar surface area (TPSA) is 61.8 Å². The zero-order chi connectivity index (χ0) is 14.5. The molecule has 2 rings (SSSR count). The van der Waals surface area contributed by atoms with Crippen LogP contribution in [0, 0.1) is 6.92 Å². The molecule has 1 saturated heterocycles. The summed E-state index contributed by atoms with van der Waals surface area (Å²) in [7, 11) is 0. The van der Waals surface area contributed by atoms with E-state index in [1.54, 1.807) is 6.07 Å². The third-order valence-corrected chi connectivity index (χ3v) is 3.77. The maximum Gasteiger partial charge on any atom is 0.238 e. The van der Waals surface area contributed by atoms with Gasteiger partial charge in [0.25, 0.3) is 0 Å². The number of nitrogens with zero attached hydrogens (tertiary/aromatic N) is 1. The van der Waals surface area contributed by atoms with E-state index in [0.717, 1.165) is 5.56 Å². The summed E-state index contributed by atoms with van der Waals surface area (Å²) >= 11 is 6.02. The molecule has 1 fully saturated rings. The molecule has 0 aliphatic carbocycles. The van der Waals surface area contributed by atoms with Crippen LogP contribution in [0.25, 0.3) is 0 Å². The van der Waals surface area contributed by atoms with Crippen LogP contribution in [0.3, 0.4) is 0 Å². The molecule has 0 spiro atoms. The zero-order valence-electron chi connectivity index (χ0n) is 11.4. The van der Waals surface area contributed by atoms with Crippen LogP contribution >= 0.6 is 11.6 Å². The van der Waals surface area contributed by atoms with Gasteiger partial charge in [0.05, 0.1) is 32.4 Å². The van der Waals surface area contributed by atoms with Gasteiger partial charge in [0.1, 0.15) is 0 Å². The van der Waals surface area contributed by atoms with Gasteiger partial charge in [0.15, 0.2) is 0 Å². The van der Waals surface area contributed by atoms with Gasteiger partial charge in [-0.3, -0.25) is 9.69 Å². The van der Waals surface area contributed by atoms with Crippen molar-refractivity contribution in [2.24, 2.45) is 0 Å². The fraction of sp³-hybridized carbons (Fsp3) is 0.500. The van der Waals surface area contributed by atoms with Gasteiger partial charge in [-0.25, -0.2) is 0 Å². The lowest BCUT2D eigenvalue weighted by Crippen LogP contribution is -2.50. The Kier molecular flexibility index (Phi) is 5.37. The van der Waals surface area contributed by atoms with E-state index in [2.05, 4.69) is 5.32 Å². The van der Waals surface area contributed by atoms with E-state index in [1.165, 1.54) is 0 Å². The van der Waals surface area contributed by atoms with E-state index in [1.807, 2.05) is 24.0 Å². The van der Waals surface area contributed by atoms with Gasteiger partial charge in [-0.2, -0.15) is 0 Å². The second-order valence-corrected chi connectivity index (χ2v) is 5.30. The van der Waals surface area contributed by atoms with Crippen LogP contribution in [0.15, 0.2) is 18.2 Å². The van der Waals surface area contributed by atoms with Crippen molar-refractivity contribution in [2.45, 2.75) is 13.0 Å². The van der Waals surface area contributed by atoms with Crippen molar-refractivity contribution in [1.82, 2.24) is 4.90 Å². The van der Waals surface area contributed by atoms with Crippen LogP contribution in [0.1, 0.15) is 5.56 Å². The van der Waals surface area contributed by atoms with E-state index in [-0.39, 0.29) is 25.1 Å². The number of anilines is 1. The third kappa shape index (κ3) is 3.93. The summed E-state index contributed by atoms with van der Waals surface area (Å²) in [6.07, 6.45) is 0. The number of hydrogen-bond donors (Lipinski definition) is 2. The monoisotopic (exact) mass is 298 g/mol. The number of aliphatic hydroxyl groups is 1. The van der Waals surface area contributed by atoms with Crippen LogP contribution in [-0.2, 0) is 9.53 Å². The maximum absolute atomic E-state index is 12.0. The molecule has 0 aromatic heterocycles. The lowest BCUT2D eigenvalue weighted by molar-refractivity contribution is -0.120. The van der Waals surface area contributed by atoms with E-state index in [4.69, 9.17) is 16.3 Å². The van der Waals surface area contributed by atoms with Crippen molar-refractivity contribution in [3.8, 4) is 0 Å². The number of carbonyl (C=O) groups excluding carboxylic acids is 1. The Labute approximate surface area is 123 Å². The highest BCUT2D eigenvalue weighted by Gasteiger charge is 2.24. The number of rotatable bonds is 4. The molecule has 1 aliphatic heterocycles. The Morgan fingerprint density at radius 2 is 2.40 bits per heavy atom. The van der Waals surface area contributed by atoms with Gasteiger partial charge in [-0.05, 0) is 24.6 Å². The van der Waals surface area contributed by atoms with Crippen molar-refractivity contribution in [3.63, 3.8) is 0 Å². The van der Waals surface area contributed by atoms with E-state index in [0.29, 0.717) is 30.5 Å². The summed E-state index contributed by atoms with van der Waals surface area (Å²) in [6, 6.07) is 5.30. The quantitative estimate of drug-likeness (QED) is 0.879. The van der Waals surface area contributed by atoms with Crippen molar-refractivity contribution in [2.75, 3.05) is 38.2 Å². The highest BCUT2D eigenvalue weighted by atomic mass is 35.5. The number of carbonyl (C=O) groups is 1. The van der Waals surface area contributed by atoms with E-state index < -0.39 is 0 Å². The van der Waals surface area contributed by atoms with Gasteiger partial charge in [0, 0.05) is 17.3 Å². The SMILES string of the molecule is Cc1ccc(NC(=O)CN2CCOCC2CO)cc1Cl. The average Bonchev–Trinajstić information content (AvgIpc) is 2.43. The summed E-state index contributed by atoms with van der Waals surface area (Å²) in [6.45, 7) is 3.82. The summed E-state index contributed by atoms with van der Waals surface area (Å²) in [5.74, 6) is -0.120. The van der Waals surface area contributed by atoms with Crippen LogP contribution in [0.4, 0.5) is 5.69 Å². The summed E-state index contributed by atoms with van der Waals surface area (Å²) in [5, 5.41) is 12.7. The number of halogens is 1. The summed E-state index contributed by atoms with van der Waals surface area (Å²) < 4.78 is 5.28. The van der Waals surface area contributed by atoms with Crippen molar-refractivity contribution in [3.05, 3.63) is 28.8 Å². The Morgan fingerprint density at radius 1 is 1.60 bits per heavy atom. The summed E-state index contributed by atoms with van der Waals surface area (Å²) in [4.78, 5) is 13.9. The Balaban J connectivity index is 1.92. The summed E-state index contributed by atoms with van der Waals surface area (Å²) in [5.41, 5.74) is 1.65. The lowest BCUT2D eigenvalue weighted by atomic mass is 10.2. The molecule has 1 amide bonds. The Bertz CT molecular complexity index is 481. The van der Waals surface area contributed by atoms with Crippen LogP contribution in [-0.4, -0.2) is 54.9 Å². The van der Waals surface area contributed by atoms with Gasteiger partial charge in [0.2, 0.25) is 5.91 Å². The number of nitrogens with one attached hydrogen (secondary N) is 1. The molecule has 20 heavy (non-hydrogen) atoms. The molecule has 0 saturated carbocycles. The lowest BCUT2D eigenvalue weighted by Gasteiger charge is -2.33. The molecule has 1 aromatic rings. The van der Waals surface area contributed by atoms with E-state index in [9.17, 15) is 9.90 Å². The minimum atomic E-state index is -0.120. The second-order valence-electron chi connectivity index (χ2n) is 4.89. The standard InChI is InChI=1S/C14H19ClN2O3/c1-10-2-3-11(6-13(10)15)16-14(19)7-17-4-5-20-9-12(17)8-18/h2-3,6,12,18H,4-5,7-9H2,1H3,(H,16,19). The molecule has 110 valence electrons. The second kappa shape index (κ2) is 7.04.